The summed E-state index contributed by atoms with van der Waals surface area (Å²) >= 11 is 0. The molecular weight excluding hydrogens is 282 g/mol. The van der Waals surface area contributed by atoms with E-state index in [9.17, 15) is 9.90 Å². The molecule has 22 heavy (non-hydrogen) atoms. The van der Waals surface area contributed by atoms with Crippen molar-refractivity contribution in [2.24, 2.45) is 0 Å². The second-order valence-corrected chi connectivity index (χ2v) is 5.35. The molecule has 0 saturated heterocycles. The number of ether oxygens (including phenoxy) is 1. The highest BCUT2D eigenvalue weighted by Crippen LogP contribution is 2.35. The maximum atomic E-state index is 11.4. The lowest BCUT2D eigenvalue weighted by Crippen LogP contribution is -2.12. The molecule has 3 rings (SSSR count). The normalized spacial score (nSPS) is 14.9. The Bertz CT molecular complexity index is 683. The minimum atomic E-state index is -1.19. The Hall–Kier alpha value is -2.63. The molecular formula is C16H17N3O3. The Kier molecular flexibility index (Phi) is 3.91. The SMILES string of the molecule is Nc1nc(C2CCCC2)nc(Oc2ccccc2)c1C(=O)O. The van der Waals surface area contributed by atoms with Gasteiger partial charge in [0.1, 0.15) is 17.4 Å². The molecule has 1 aromatic heterocycles. The second kappa shape index (κ2) is 6.01. The Morgan fingerprint density at radius 1 is 1.18 bits per heavy atom. The van der Waals surface area contributed by atoms with E-state index in [0.717, 1.165) is 25.7 Å². The average molecular weight is 299 g/mol. The summed E-state index contributed by atoms with van der Waals surface area (Å²) in [5.74, 6) is 0.0829. The highest BCUT2D eigenvalue weighted by Gasteiger charge is 2.26. The zero-order chi connectivity index (χ0) is 15.5. The third-order valence-electron chi connectivity index (χ3n) is 3.81. The number of nitrogens with two attached hydrogens (primary N) is 1. The zero-order valence-electron chi connectivity index (χ0n) is 12.0. The van der Waals surface area contributed by atoms with Crippen molar-refractivity contribution in [1.82, 2.24) is 9.97 Å². The van der Waals surface area contributed by atoms with Crippen LogP contribution in [0.5, 0.6) is 11.6 Å². The number of nitrogens with zero attached hydrogens (tertiary/aromatic N) is 2. The van der Waals surface area contributed by atoms with Crippen molar-refractivity contribution in [1.29, 1.82) is 0 Å². The number of carboxylic acids is 1. The van der Waals surface area contributed by atoms with Crippen LogP contribution in [0.25, 0.3) is 0 Å². The Balaban J connectivity index is 2.02. The number of hydrogen-bond acceptors (Lipinski definition) is 5. The van der Waals surface area contributed by atoms with Crippen LogP contribution >= 0.6 is 0 Å². The van der Waals surface area contributed by atoms with Gasteiger partial charge in [-0.05, 0) is 25.0 Å². The van der Waals surface area contributed by atoms with Crippen LogP contribution in [0.3, 0.4) is 0 Å². The second-order valence-electron chi connectivity index (χ2n) is 5.35. The van der Waals surface area contributed by atoms with E-state index in [4.69, 9.17) is 10.5 Å². The molecule has 1 fully saturated rings. The Labute approximate surface area is 128 Å². The molecule has 1 heterocycles. The summed E-state index contributed by atoms with van der Waals surface area (Å²) in [6, 6.07) is 8.93. The molecule has 0 unspecified atom stereocenters. The predicted molar refractivity (Wildman–Crippen MR) is 81.1 cm³/mol. The molecule has 0 atom stereocenters. The first-order valence-electron chi connectivity index (χ1n) is 7.28. The minimum Gasteiger partial charge on any atom is -0.477 e. The molecule has 0 bridgehead atoms. The molecule has 3 N–H and O–H groups in total. The van der Waals surface area contributed by atoms with Gasteiger partial charge in [0.05, 0.1) is 0 Å². The number of rotatable bonds is 4. The van der Waals surface area contributed by atoms with Gasteiger partial charge in [-0.25, -0.2) is 9.78 Å². The number of nitrogen functional groups attached to an aromatic ring is 1. The fourth-order valence-electron chi connectivity index (χ4n) is 2.72. The molecule has 1 aliphatic carbocycles. The largest absolute Gasteiger partial charge is 0.477 e. The molecule has 1 saturated carbocycles. The van der Waals surface area contributed by atoms with Gasteiger partial charge >= 0.3 is 5.97 Å². The third kappa shape index (κ3) is 2.86. The van der Waals surface area contributed by atoms with Gasteiger partial charge in [0.15, 0.2) is 5.56 Å². The van der Waals surface area contributed by atoms with Gasteiger partial charge in [0.25, 0.3) is 0 Å². The lowest BCUT2D eigenvalue weighted by molar-refractivity contribution is 0.0694. The summed E-state index contributed by atoms with van der Waals surface area (Å²) in [4.78, 5) is 19.9. The van der Waals surface area contributed by atoms with Gasteiger partial charge in [-0.1, -0.05) is 31.0 Å². The van der Waals surface area contributed by atoms with E-state index in [1.165, 1.54) is 0 Å². The quantitative estimate of drug-likeness (QED) is 0.899. The van der Waals surface area contributed by atoms with E-state index >= 15 is 0 Å². The third-order valence-corrected chi connectivity index (χ3v) is 3.81. The topological polar surface area (TPSA) is 98.3 Å². The van der Waals surface area contributed by atoms with Crippen LogP contribution < -0.4 is 10.5 Å². The van der Waals surface area contributed by atoms with Crippen LogP contribution in [0.2, 0.25) is 0 Å². The number of aromatic nitrogens is 2. The summed E-state index contributed by atoms with van der Waals surface area (Å²) in [6.45, 7) is 0. The number of carbonyl (C=O) groups is 1. The van der Waals surface area contributed by atoms with Crippen LogP contribution in [0.4, 0.5) is 5.82 Å². The van der Waals surface area contributed by atoms with E-state index < -0.39 is 5.97 Å². The summed E-state index contributed by atoms with van der Waals surface area (Å²) in [5.41, 5.74) is 5.64. The number of para-hydroxylation sites is 1. The maximum Gasteiger partial charge on any atom is 0.345 e. The number of hydrogen-bond donors (Lipinski definition) is 2. The summed E-state index contributed by atoms with van der Waals surface area (Å²) in [7, 11) is 0. The Morgan fingerprint density at radius 2 is 1.86 bits per heavy atom. The molecule has 1 aromatic carbocycles. The van der Waals surface area contributed by atoms with E-state index in [0.29, 0.717) is 11.6 Å². The summed E-state index contributed by atoms with van der Waals surface area (Å²) in [6.07, 6.45) is 4.25. The van der Waals surface area contributed by atoms with Gasteiger partial charge in [-0.3, -0.25) is 0 Å². The molecule has 1 aliphatic rings. The van der Waals surface area contributed by atoms with Crippen molar-refractivity contribution in [2.75, 3.05) is 5.73 Å². The summed E-state index contributed by atoms with van der Waals surface area (Å²) in [5, 5.41) is 9.34. The van der Waals surface area contributed by atoms with E-state index in [1.807, 2.05) is 6.07 Å². The standard InChI is InChI=1S/C16H17N3O3/c17-13-12(16(20)21)15(22-11-8-2-1-3-9-11)19-14(18-13)10-6-4-5-7-10/h1-3,8-10H,4-7H2,(H,20,21)(H2,17,18,19). The molecule has 0 amide bonds. The molecule has 6 nitrogen and oxygen atoms in total. The van der Waals surface area contributed by atoms with Gasteiger partial charge < -0.3 is 15.6 Å². The molecule has 0 aliphatic heterocycles. The Morgan fingerprint density at radius 3 is 2.50 bits per heavy atom. The molecule has 114 valence electrons. The number of carboxylic acid groups (broad SMARTS) is 1. The molecule has 2 aromatic rings. The van der Waals surface area contributed by atoms with Gasteiger partial charge in [-0.2, -0.15) is 4.98 Å². The fraction of sp³-hybridized carbons (Fsp3) is 0.312. The lowest BCUT2D eigenvalue weighted by atomic mass is 10.1. The zero-order valence-corrected chi connectivity index (χ0v) is 12.0. The van der Waals surface area contributed by atoms with Crippen molar-refractivity contribution >= 4 is 11.8 Å². The first kappa shape index (κ1) is 14.3. The number of benzene rings is 1. The molecule has 6 heteroatoms. The first-order chi connectivity index (χ1) is 10.6. The highest BCUT2D eigenvalue weighted by molar-refractivity contribution is 5.95. The predicted octanol–water partition coefficient (Wildman–Crippen LogP) is 3.21. The number of anilines is 1. The van der Waals surface area contributed by atoms with Crippen LogP contribution in [-0.2, 0) is 0 Å². The first-order valence-corrected chi connectivity index (χ1v) is 7.28. The van der Waals surface area contributed by atoms with Crippen molar-refractivity contribution < 1.29 is 14.6 Å². The monoisotopic (exact) mass is 299 g/mol. The summed E-state index contributed by atoms with van der Waals surface area (Å²) < 4.78 is 5.64. The van der Waals surface area contributed by atoms with E-state index in [-0.39, 0.29) is 23.2 Å². The van der Waals surface area contributed by atoms with Crippen LogP contribution in [0.15, 0.2) is 30.3 Å². The van der Waals surface area contributed by atoms with Crippen molar-refractivity contribution in [3.05, 3.63) is 41.7 Å². The molecule has 0 radical (unpaired) electrons. The smallest absolute Gasteiger partial charge is 0.345 e. The highest BCUT2D eigenvalue weighted by atomic mass is 16.5. The van der Waals surface area contributed by atoms with Crippen LogP contribution in [0, 0.1) is 0 Å². The minimum absolute atomic E-state index is 0.00750. The average Bonchev–Trinajstić information content (AvgIpc) is 3.01. The van der Waals surface area contributed by atoms with E-state index in [2.05, 4.69) is 9.97 Å². The van der Waals surface area contributed by atoms with Crippen molar-refractivity contribution in [3.63, 3.8) is 0 Å². The van der Waals surface area contributed by atoms with Gasteiger partial charge in [0, 0.05) is 5.92 Å². The van der Waals surface area contributed by atoms with Crippen LogP contribution in [-0.4, -0.2) is 21.0 Å². The molecule has 0 spiro atoms. The van der Waals surface area contributed by atoms with E-state index in [1.54, 1.807) is 24.3 Å². The maximum absolute atomic E-state index is 11.4. The number of aromatic carboxylic acids is 1. The van der Waals surface area contributed by atoms with Gasteiger partial charge in [-0.15, -0.1) is 0 Å². The lowest BCUT2D eigenvalue weighted by Gasteiger charge is -2.14. The van der Waals surface area contributed by atoms with Crippen molar-refractivity contribution in [3.8, 4) is 11.6 Å². The van der Waals surface area contributed by atoms with Crippen LogP contribution in [0.1, 0.15) is 47.8 Å². The van der Waals surface area contributed by atoms with Crippen molar-refractivity contribution in [2.45, 2.75) is 31.6 Å². The fourth-order valence-corrected chi connectivity index (χ4v) is 2.72. The van der Waals surface area contributed by atoms with Gasteiger partial charge in [0.2, 0.25) is 5.88 Å².